The van der Waals surface area contributed by atoms with Gasteiger partial charge in [0.2, 0.25) is 0 Å². The van der Waals surface area contributed by atoms with E-state index in [1.807, 2.05) is 0 Å². The van der Waals surface area contributed by atoms with Crippen molar-refractivity contribution in [3.05, 3.63) is 0 Å². The Balaban J connectivity index is 4.33. The summed E-state index contributed by atoms with van der Waals surface area (Å²) in [5, 5.41) is 0. The van der Waals surface area contributed by atoms with Crippen LogP contribution in [0.2, 0.25) is 0 Å². The number of amides is 1. The standard InChI is InChI=1S/C6H10F3NO4S/c1-4(14-5(10)11)2-15(12,13)3-6(7,8)9/h4H,2-3H2,1H3,(H2,10,11). The van der Waals surface area contributed by atoms with Gasteiger partial charge in [0, 0.05) is 0 Å². The van der Waals surface area contributed by atoms with Crippen LogP contribution < -0.4 is 5.73 Å². The molecule has 0 aliphatic carbocycles. The van der Waals surface area contributed by atoms with Crippen molar-refractivity contribution < 1.29 is 31.1 Å². The maximum absolute atomic E-state index is 11.8. The Bertz CT molecular complexity index is 324. The van der Waals surface area contributed by atoms with Crippen LogP contribution in [0.1, 0.15) is 6.92 Å². The van der Waals surface area contributed by atoms with Crippen LogP contribution in [0.25, 0.3) is 0 Å². The molecule has 1 atom stereocenters. The first kappa shape index (κ1) is 14.0. The second kappa shape index (κ2) is 4.69. The smallest absolute Gasteiger partial charge is 0.404 e. The molecule has 0 aromatic carbocycles. The number of hydrogen-bond donors (Lipinski definition) is 1. The fourth-order valence-corrected chi connectivity index (χ4v) is 2.30. The zero-order valence-electron chi connectivity index (χ0n) is 7.74. The SMILES string of the molecule is CC(CS(=O)(=O)CC(F)(F)F)OC(N)=O. The number of primary amides is 1. The second-order valence-electron chi connectivity index (χ2n) is 2.92. The largest absolute Gasteiger partial charge is 0.446 e. The van der Waals surface area contributed by atoms with E-state index in [0.717, 1.165) is 6.92 Å². The first-order chi connectivity index (χ1) is 6.52. The number of carbonyl (C=O) groups is 1. The van der Waals surface area contributed by atoms with Crippen molar-refractivity contribution in [2.45, 2.75) is 19.2 Å². The van der Waals surface area contributed by atoms with Gasteiger partial charge in [-0.15, -0.1) is 0 Å². The van der Waals surface area contributed by atoms with Crippen LogP contribution in [0.4, 0.5) is 18.0 Å². The quantitative estimate of drug-likeness (QED) is 0.783. The van der Waals surface area contributed by atoms with E-state index in [1.165, 1.54) is 0 Å². The monoisotopic (exact) mass is 249 g/mol. The molecular formula is C6H10F3NO4S. The highest BCUT2D eigenvalue weighted by atomic mass is 32.2. The highest BCUT2D eigenvalue weighted by Crippen LogP contribution is 2.18. The molecular weight excluding hydrogens is 239 g/mol. The molecule has 2 N–H and O–H groups in total. The van der Waals surface area contributed by atoms with Gasteiger partial charge in [-0.3, -0.25) is 0 Å². The van der Waals surface area contributed by atoms with Gasteiger partial charge in [-0.25, -0.2) is 13.2 Å². The molecule has 0 bridgehead atoms. The molecule has 0 radical (unpaired) electrons. The van der Waals surface area contributed by atoms with Crippen LogP contribution in [0.15, 0.2) is 0 Å². The van der Waals surface area contributed by atoms with Crippen LogP contribution in [0.5, 0.6) is 0 Å². The minimum atomic E-state index is -4.80. The lowest BCUT2D eigenvalue weighted by molar-refractivity contribution is -0.106. The molecule has 1 unspecified atom stereocenters. The lowest BCUT2D eigenvalue weighted by Crippen LogP contribution is -2.32. The Morgan fingerprint density at radius 3 is 2.27 bits per heavy atom. The summed E-state index contributed by atoms with van der Waals surface area (Å²) in [6, 6.07) is 0. The number of sulfone groups is 1. The van der Waals surface area contributed by atoms with Crippen LogP contribution >= 0.6 is 0 Å². The predicted octanol–water partition coefficient (Wildman–Crippen LogP) is 0.447. The number of hydrogen-bond acceptors (Lipinski definition) is 4. The van der Waals surface area contributed by atoms with E-state index in [0.29, 0.717) is 0 Å². The molecule has 9 heteroatoms. The summed E-state index contributed by atoms with van der Waals surface area (Å²) in [5.41, 5.74) is 4.56. The van der Waals surface area contributed by atoms with Crippen molar-refractivity contribution in [2.75, 3.05) is 11.5 Å². The zero-order valence-corrected chi connectivity index (χ0v) is 8.56. The molecule has 0 aromatic rings. The van der Waals surface area contributed by atoms with Gasteiger partial charge < -0.3 is 10.5 Å². The van der Waals surface area contributed by atoms with E-state index < -0.39 is 39.7 Å². The van der Waals surface area contributed by atoms with Crippen LogP contribution in [-0.2, 0) is 14.6 Å². The van der Waals surface area contributed by atoms with Gasteiger partial charge in [0.1, 0.15) is 11.9 Å². The fraction of sp³-hybridized carbons (Fsp3) is 0.833. The predicted molar refractivity (Wildman–Crippen MR) is 44.8 cm³/mol. The van der Waals surface area contributed by atoms with Crippen molar-refractivity contribution >= 4 is 15.9 Å². The maximum atomic E-state index is 11.8. The van der Waals surface area contributed by atoms with E-state index in [2.05, 4.69) is 10.5 Å². The molecule has 0 rings (SSSR count). The van der Waals surface area contributed by atoms with Crippen molar-refractivity contribution in [1.29, 1.82) is 0 Å². The van der Waals surface area contributed by atoms with Gasteiger partial charge >= 0.3 is 12.3 Å². The molecule has 0 aromatic heterocycles. The normalized spacial score (nSPS) is 14.7. The molecule has 15 heavy (non-hydrogen) atoms. The Kier molecular flexibility index (Phi) is 4.38. The van der Waals surface area contributed by atoms with Gasteiger partial charge in [0.25, 0.3) is 0 Å². The molecule has 0 spiro atoms. The van der Waals surface area contributed by atoms with E-state index in [4.69, 9.17) is 0 Å². The van der Waals surface area contributed by atoms with Gasteiger partial charge in [-0.2, -0.15) is 13.2 Å². The summed E-state index contributed by atoms with van der Waals surface area (Å²) < 4.78 is 61.2. The topological polar surface area (TPSA) is 86.5 Å². The number of rotatable bonds is 4. The summed E-state index contributed by atoms with van der Waals surface area (Å²) in [6.45, 7) is 1.14. The number of alkyl halides is 3. The van der Waals surface area contributed by atoms with E-state index in [-0.39, 0.29) is 0 Å². The average Bonchev–Trinajstić information content (AvgIpc) is 1.73. The van der Waals surface area contributed by atoms with Gasteiger partial charge in [-0.1, -0.05) is 0 Å². The first-order valence-electron chi connectivity index (χ1n) is 3.75. The number of ether oxygens (including phenoxy) is 1. The minimum Gasteiger partial charge on any atom is -0.446 e. The van der Waals surface area contributed by atoms with E-state index in [9.17, 15) is 26.4 Å². The molecule has 0 saturated carbocycles. The summed E-state index contributed by atoms with van der Waals surface area (Å²) in [4.78, 5) is 10.2. The summed E-state index contributed by atoms with van der Waals surface area (Å²) in [6.07, 6.45) is -7.23. The van der Waals surface area contributed by atoms with Crippen molar-refractivity contribution in [3.8, 4) is 0 Å². The summed E-state index contributed by atoms with van der Waals surface area (Å²) in [5.74, 6) is -2.85. The average molecular weight is 249 g/mol. The molecule has 1 amide bonds. The Labute approximate surface area is 84.3 Å². The Morgan fingerprint density at radius 2 is 1.93 bits per heavy atom. The fourth-order valence-electron chi connectivity index (χ4n) is 0.898. The molecule has 0 fully saturated rings. The Hall–Kier alpha value is -0.990. The minimum absolute atomic E-state index is 0.907. The summed E-state index contributed by atoms with van der Waals surface area (Å²) >= 11 is 0. The molecule has 0 aliphatic heterocycles. The molecule has 0 saturated heterocycles. The van der Waals surface area contributed by atoms with Gasteiger partial charge in [0.05, 0.1) is 5.75 Å². The van der Waals surface area contributed by atoms with Crippen molar-refractivity contribution in [1.82, 2.24) is 0 Å². The van der Waals surface area contributed by atoms with E-state index in [1.54, 1.807) is 0 Å². The van der Waals surface area contributed by atoms with Crippen molar-refractivity contribution in [3.63, 3.8) is 0 Å². The van der Waals surface area contributed by atoms with Gasteiger partial charge in [-0.05, 0) is 6.92 Å². The zero-order chi connectivity index (χ0) is 12.3. The number of halogens is 3. The first-order valence-corrected chi connectivity index (χ1v) is 5.57. The van der Waals surface area contributed by atoms with Gasteiger partial charge in [0.15, 0.2) is 9.84 Å². The summed E-state index contributed by atoms with van der Waals surface area (Å²) in [7, 11) is -4.34. The number of carbonyl (C=O) groups excluding carboxylic acids is 1. The highest BCUT2D eigenvalue weighted by molar-refractivity contribution is 7.91. The highest BCUT2D eigenvalue weighted by Gasteiger charge is 2.36. The van der Waals surface area contributed by atoms with Crippen molar-refractivity contribution in [2.24, 2.45) is 5.73 Å². The van der Waals surface area contributed by atoms with Crippen LogP contribution in [0, 0.1) is 0 Å². The molecule has 5 nitrogen and oxygen atoms in total. The van der Waals surface area contributed by atoms with Crippen LogP contribution in [0.3, 0.4) is 0 Å². The lowest BCUT2D eigenvalue weighted by Gasteiger charge is -2.12. The third-order valence-electron chi connectivity index (χ3n) is 1.19. The molecule has 0 aliphatic rings. The van der Waals surface area contributed by atoms with E-state index >= 15 is 0 Å². The lowest BCUT2D eigenvalue weighted by atomic mass is 10.5. The molecule has 90 valence electrons. The maximum Gasteiger partial charge on any atom is 0.404 e. The number of nitrogens with two attached hydrogens (primary N) is 1. The third-order valence-corrected chi connectivity index (χ3v) is 2.93. The molecule has 0 heterocycles. The Morgan fingerprint density at radius 1 is 1.47 bits per heavy atom. The van der Waals surface area contributed by atoms with Crippen LogP contribution in [-0.4, -0.2) is 38.3 Å². The third kappa shape index (κ3) is 8.03. The second-order valence-corrected chi connectivity index (χ2v) is 5.03.